The van der Waals surface area contributed by atoms with Gasteiger partial charge in [0, 0.05) is 0 Å². The molecule has 0 amide bonds. The Hall–Kier alpha value is -1.03. The van der Waals surface area contributed by atoms with Crippen molar-refractivity contribution in [3.05, 3.63) is 23.8 Å². The second kappa shape index (κ2) is 5.23. The molecule has 1 heteroatoms. The molecule has 24 heavy (non-hydrogen) atoms. The lowest BCUT2D eigenvalue weighted by molar-refractivity contribution is -0.0533. The highest BCUT2D eigenvalue weighted by Gasteiger charge is 2.70. The van der Waals surface area contributed by atoms with Gasteiger partial charge in [0.15, 0.2) is 0 Å². The van der Waals surface area contributed by atoms with E-state index in [1.807, 2.05) is 0 Å². The summed E-state index contributed by atoms with van der Waals surface area (Å²) in [5.41, 5.74) is 3.41. The Labute approximate surface area is 148 Å². The van der Waals surface area contributed by atoms with Crippen molar-refractivity contribution in [2.24, 2.45) is 52.8 Å². The Morgan fingerprint density at radius 1 is 1.25 bits per heavy atom. The normalized spacial score (nSPS) is 54.2. The molecule has 0 N–H and O–H groups in total. The van der Waals surface area contributed by atoms with Crippen LogP contribution >= 0.6 is 0 Å². The molecular formula is C23H33N. The minimum absolute atomic E-state index is 0. The highest BCUT2D eigenvalue weighted by atomic mass is 14.7. The number of rotatable bonds is 0. The number of nitriles is 1. The first-order valence-corrected chi connectivity index (χ1v) is 9.82. The van der Waals surface area contributed by atoms with Crippen LogP contribution in [-0.2, 0) is 0 Å². The molecule has 0 radical (unpaired) electrons. The van der Waals surface area contributed by atoms with Crippen molar-refractivity contribution in [1.29, 1.82) is 5.26 Å². The fourth-order valence-corrected chi connectivity index (χ4v) is 7.86. The highest BCUT2D eigenvalue weighted by Crippen LogP contribution is 2.74. The molecule has 0 aliphatic heterocycles. The molecule has 0 aromatic rings. The minimum Gasteiger partial charge on any atom is -0.198 e. The minimum atomic E-state index is 0. The van der Waals surface area contributed by atoms with E-state index < -0.39 is 0 Å². The Morgan fingerprint density at radius 2 is 2.04 bits per heavy atom. The van der Waals surface area contributed by atoms with Crippen molar-refractivity contribution in [1.82, 2.24) is 0 Å². The van der Waals surface area contributed by atoms with Crippen molar-refractivity contribution in [2.75, 3.05) is 0 Å². The van der Waals surface area contributed by atoms with Gasteiger partial charge in [-0.3, -0.25) is 0 Å². The number of allylic oxidation sites excluding steroid dienone is 3. The van der Waals surface area contributed by atoms with Gasteiger partial charge in [-0.05, 0) is 85.4 Å². The molecule has 0 saturated heterocycles. The van der Waals surface area contributed by atoms with Crippen LogP contribution in [0.4, 0.5) is 0 Å². The zero-order valence-corrected chi connectivity index (χ0v) is 14.6. The third-order valence-electron chi connectivity index (χ3n) is 8.69. The maximum Gasteiger partial charge on any atom is 0.0664 e. The van der Waals surface area contributed by atoms with E-state index in [0.717, 1.165) is 41.4 Å². The molecule has 0 bridgehead atoms. The van der Waals surface area contributed by atoms with E-state index in [-0.39, 0.29) is 7.43 Å². The van der Waals surface area contributed by atoms with Gasteiger partial charge in [0.2, 0.25) is 0 Å². The molecule has 0 spiro atoms. The number of hydrogen-bond acceptors (Lipinski definition) is 1. The zero-order chi connectivity index (χ0) is 15.9. The fraction of sp³-hybridized carbons (Fsp3) is 0.783. The zero-order valence-electron chi connectivity index (χ0n) is 14.6. The standard InChI is InChI=1S/C22H29N.CH4/c1-12-4-5-15-14(8-12)9-13(2)20-16(15)6-7-22(3)19(11-23)17-10-18(17)21(20)22;/h8,13,15-21H,1,4-7,9-10H2,2-3H3;1H4/t13-,15?,16?,17?,18?,19?,20?,21?,22?;/m1./s1. The lowest BCUT2D eigenvalue weighted by Crippen LogP contribution is -2.50. The molecule has 4 fully saturated rings. The Morgan fingerprint density at radius 3 is 2.79 bits per heavy atom. The van der Waals surface area contributed by atoms with Crippen LogP contribution in [0, 0.1) is 64.1 Å². The van der Waals surface area contributed by atoms with Crippen molar-refractivity contribution >= 4 is 0 Å². The van der Waals surface area contributed by atoms with E-state index in [9.17, 15) is 5.26 Å². The largest absolute Gasteiger partial charge is 0.198 e. The maximum atomic E-state index is 9.78. The van der Waals surface area contributed by atoms with Crippen molar-refractivity contribution in [3.63, 3.8) is 0 Å². The first-order chi connectivity index (χ1) is 11.0. The van der Waals surface area contributed by atoms with E-state index in [2.05, 4.69) is 32.6 Å². The lowest BCUT2D eigenvalue weighted by Gasteiger charge is -2.56. The van der Waals surface area contributed by atoms with Gasteiger partial charge in [0.05, 0.1) is 12.0 Å². The summed E-state index contributed by atoms with van der Waals surface area (Å²) in [7, 11) is 0. The van der Waals surface area contributed by atoms with Crippen LogP contribution in [0.5, 0.6) is 0 Å². The predicted octanol–water partition coefficient (Wildman–Crippen LogP) is 5.99. The van der Waals surface area contributed by atoms with Gasteiger partial charge in [-0.2, -0.15) is 5.26 Å². The molecule has 0 heterocycles. The van der Waals surface area contributed by atoms with E-state index in [4.69, 9.17) is 0 Å². The molecule has 5 aliphatic carbocycles. The molecule has 0 aromatic heterocycles. The van der Waals surface area contributed by atoms with E-state index in [1.165, 1.54) is 44.1 Å². The van der Waals surface area contributed by atoms with Crippen LogP contribution in [0.2, 0.25) is 0 Å². The van der Waals surface area contributed by atoms with Crippen LogP contribution in [0.1, 0.15) is 59.8 Å². The predicted molar refractivity (Wildman–Crippen MR) is 99.0 cm³/mol. The highest BCUT2D eigenvalue weighted by molar-refractivity contribution is 5.31. The number of hydrogen-bond donors (Lipinski definition) is 0. The molecule has 0 aromatic carbocycles. The molecule has 4 saturated carbocycles. The second-order valence-electron chi connectivity index (χ2n) is 9.69. The Bertz CT molecular complexity index is 637. The van der Waals surface area contributed by atoms with E-state index in [0.29, 0.717) is 11.3 Å². The summed E-state index contributed by atoms with van der Waals surface area (Å²) in [6.45, 7) is 9.22. The summed E-state index contributed by atoms with van der Waals surface area (Å²) in [6, 6.07) is 2.74. The first kappa shape index (κ1) is 16.4. The van der Waals surface area contributed by atoms with Gasteiger partial charge < -0.3 is 0 Å². The van der Waals surface area contributed by atoms with E-state index in [1.54, 1.807) is 5.57 Å². The summed E-state index contributed by atoms with van der Waals surface area (Å²) in [5.74, 6) is 6.27. The molecule has 5 rings (SSSR count). The van der Waals surface area contributed by atoms with Crippen molar-refractivity contribution < 1.29 is 0 Å². The van der Waals surface area contributed by atoms with Gasteiger partial charge in [-0.15, -0.1) is 0 Å². The van der Waals surface area contributed by atoms with Crippen molar-refractivity contribution in [2.45, 2.75) is 59.8 Å². The topological polar surface area (TPSA) is 23.8 Å². The van der Waals surface area contributed by atoms with Crippen LogP contribution < -0.4 is 0 Å². The van der Waals surface area contributed by atoms with Crippen LogP contribution in [0.15, 0.2) is 23.8 Å². The maximum absolute atomic E-state index is 9.78. The van der Waals surface area contributed by atoms with Crippen LogP contribution in [-0.4, -0.2) is 0 Å². The molecule has 9 atom stereocenters. The average Bonchev–Trinajstić information content (AvgIpc) is 3.22. The summed E-state index contributed by atoms with van der Waals surface area (Å²) in [6.07, 6.45) is 10.3. The molecular weight excluding hydrogens is 290 g/mol. The van der Waals surface area contributed by atoms with Crippen LogP contribution in [0.25, 0.3) is 0 Å². The van der Waals surface area contributed by atoms with Crippen molar-refractivity contribution in [3.8, 4) is 6.07 Å². The third kappa shape index (κ3) is 1.92. The fourth-order valence-electron chi connectivity index (χ4n) is 7.86. The molecule has 1 nitrogen and oxygen atoms in total. The molecule has 130 valence electrons. The summed E-state index contributed by atoms with van der Waals surface area (Å²) >= 11 is 0. The summed E-state index contributed by atoms with van der Waals surface area (Å²) in [4.78, 5) is 0. The van der Waals surface area contributed by atoms with Gasteiger partial charge in [-0.1, -0.05) is 45.1 Å². The SMILES string of the molecule is C.C=C1C=C2C[C@@H](C)C3C(CCC4(C)C(C#N)C5CC5C34)C2CC1. The van der Waals surface area contributed by atoms with Crippen LogP contribution in [0.3, 0.4) is 0 Å². The Kier molecular flexibility index (Phi) is 3.58. The van der Waals surface area contributed by atoms with Gasteiger partial charge >= 0.3 is 0 Å². The third-order valence-corrected chi connectivity index (χ3v) is 8.69. The summed E-state index contributed by atoms with van der Waals surface area (Å²) < 4.78 is 0. The molecule has 5 aliphatic rings. The lowest BCUT2D eigenvalue weighted by atomic mass is 9.48. The summed E-state index contributed by atoms with van der Waals surface area (Å²) in [5, 5.41) is 9.78. The quantitative estimate of drug-likeness (QED) is 0.537. The number of nitrogens with zero attached hydrogens (tertiary/aromatic N) is 1. The first-order valence-electron chi connectivity index (χ1n) is 9.82. The average molecular weight is 324 g/mol. The smallest absolute Gasteiger partial charge is 0.0664 e. The van der Waals surface area contributed by atoms with Gasteiger partial charge in [0.1, 0.15) is 0 Å². The monoisotopic (exact) mass is 323 g/mol. The van der Waals surface area contributed by atoms with E-state index >= 15 is 0 Å². The Balaban J connectivity index is 0.00000146. The van der Waals surface area contributed by atoms with Gasteiger partial charge in [-0.25, -0.2) is 0 Å². The number of fused-ring (bicyclic) bond motifs is 7. The molecule has 8 unspecified atom stereocenters. The second-order valence-corrected chi connectivity index (χ2v) is 9.69. The van der Waals surface area contributed by atoms with Gasteiger partial charge in [0.25, 0.3) is 0 Å².